The Morgan fingerprint density at radius 3 is 2.69 bits per heavy atom. The predicted octanol–water partition coefficient (Wildman–Crippen LogP) is 4.84. The molecule has 0 amide bonds. The second-order valence-corrected chi connectivity index (χ2v) is 6.36. The predicted molar refractivity (Wildman–Crippen MR) is 107 cm³/mol. The molecule has 148 valence electrons. The van der Waals surface area contributed by atoms with Crippen LogP contribution in [0.2, 0.25) is 0 Å². The highest BCUT2D eigenvalue weighted by atomic mass is 19.1. The minimum Gasteiger partial charge on any atom is -0.493 e. The molecular weight excluding hydrogens is 373 g/mol. The average molecular weight is 393 g/mol. The topological polar surface area (TPSA) is 58.4 Å². The molecule has 4 aromatic rings. The number of methoxy groups -OCH3 is 1. The number of rotatable bonds is 8. The Kier molecular flexibility index (Phi) is 5.56. The number of para-hydroxylation sites is 1. The number of fused-ring (bicyclic) bond motifs is 1. The van der Waals surface area contributed by atoms with Crippen LogP contribution < -0.4 is 14.2 Å². The Morgan fingerprint density at radius 2 is 1.90 bits per heavy atom. The minimum absolute atomic E-state index is 0.152. The number of nitrogens with zero attached hydrogens (tertiary/aromatic N) is 3. The SMILES string of the molecule is COc1cc2c(Oc3ccccc3F)ccnc2cc1OCCCn1ccnc1. The van der Waals surface area contributed by atoms with Crippen LogP contribution in [0.1, 0.15) is 6.42 Å². The van der Waals surface area contributed by atoms with Gasteiger partial charge in [-0.05, 0) is 30.7 Å². The van der Waals surface area contributed by atoms with E-state index in [1.54, 1.807) is 62.2 Å². The van der Waals surface area contributed by atoms with Gasteiger partial charge in [0.2, 0.25) is 0 Å². The van der Waals surface area contributed by atoms with Crippen molar-refractivity contribution in [3.05, 3.63) is 73.2 Å². The van der Waals surface area contributed by atoms with Gasteiger partial charge >= 0.3 is 0 Å². The lowest BCUT2D eigenvalue weighted by atomic mass is 10.1. The van der Waals surface area contributed by atoms with Gasteiger partial charge < -0.3 is 18.8 Å². The van der Waals surface area contributed by atoms with Crippen LogP contribution in [-0.4, -0.2) is 28.3 Å². The lowest BCUT2D eigenvalue weighted by molar-refractivity contribution is 0.283. The Labute approximate surface area is 167 Å². The van der Waals surface area contributed by atoms with Crippen LogP contribution in [0.5, 0.6) is 23.0 Å². The van der Waals surface area contributed by atoms with E-state index in [4.69, 9.17) is 14.2 Å². The molecule has 0 aliphatic heterocycles. The van der Waals surface area contributed by atoms with E-state index in [9.17, 15) is 4.39 Å². The summed E-state index contributed by atoms with van der Waals surface area (Å²) >= 11 is 0. The second kappa shape index (κ2) is 8.60. The van der Waals surface area contributed by atoms with Crippen LogP contribution in [0, 0.1) is 5.82 Å². The lowest BCUT2D eigenvalue weighted by Crippen LogP contribution is -2.04. The Morgan fingerprint density at radius 1 is 1.00 bits per heavy atom. The Hall–Kier alpha value is -3.61. The molecule has 2 aromatic carbocycles. The standard InChI is InChI=1S/C22H20FN3O3/c1-27-21-13-16-18(14-22(21)28-12-4-10-26-11-9-24-15-26)25-8-7-19(16)29-20-6-3-2-5-17(20)23/h2-3,5-9,11,13-15H,4,10,12H2,1H3. The number of aryl methyl sites for hydroxylation is 1. The molecule has 0 fully saturated rings. The van der Waals surface area contributed by atoms with Crippen molar-refractivity contribution in [3.63, 3.8) is 0 Å². The second-order valence-electron chi connectivity index (χ2n) is 6.36. The number of hydrogen-bond donors (Lipinski definition) is 0. The van der Waals surface area contributed by atoms with E-state index in [1.165, 1.54) is 6.07 Å². The number of benzene rings is 2. The molecule has 0 aliphatic carbocycles. The van der Waals surface area contributed by atoms with Gasteiger partial charge in [-0.25, -0.2) is 9.37 Å². The van der Waals surface area contributed by atoms with E-state index in [2.05, 4.69) is 9.97 Å². The van der Waals surface area contributed by atoms with Crippen molar-refractivity contribution in [1.29, 1.82) is 0 Å². The number of pyridine rings is 1. The molecule has 0 atom stereocenters. The van der Waals surface area contributed by atoms with Crippen LogP contribution in [0.25, 0.3) is 10.9 Å². The molecule has 0 radical (unpaired) electrons. The molecule has 4 rings (SSSR count). The van der Waals surface area contributed by atoms with Gasteiger partial charge in [-0.3, -0.25) is 4.98 Å². The number of imidazole rings is 1. The Bertz CT molecular complexity index is 1100. The quantitative estimate of drug-likeness (QED) is 0.401. The highest BCUT2D eigenvalue weighted by molar-refractivity contribution is 5.88. The number of aromatic nitrogens is 3. The van der Waals surface area contributed by atoms with Crippen LogP contribution in [0.4, 0.5) is 4.39 Å². The number of halogens is 1. The smallest absolute Gasteiger partial charge is 0.165 e. The first-order chi connectivity index (χ1) is 14.2. The molecule has 0 unspecified atom stereocenters. The van der Waals surface area contributed by atoms with Gasteiger partial charge in [-0.1, -0.05) is 12.1 Å². The van der Waals surface area contributed by atoms with E-state index in [1.807, 2.05) is 10.8 Å². The van der Waals surface area contributed by atoms with Crippen molar-refractivity contribution in [2.24, 2.45) is 0 Å². The van der Waals surface area contributed by atoms with Crippen molar-refractivity contribution in [2.45, 2.75) is 13.0 Å². The fourth-order valence-electron chi connectivity index (χ4n) is 2.98. The van der Waals surface area contributed by atoms with Crippen LogP contribution in [0.15, 0.2) is 67.4 Å². The molecule has 0 aliphatic rings. The summed E-state index contributed by atoms with van der Waals surface area (Å²) in [5.74, 6) is 1.37. The van der Waals surface area contributed by atoms with E-state index < -0.39 is 5.82 Å². The third-order valence-electron chi connectivity index (χ3n) is 4.42. The van der Waals surface area contributed by atoms with Gasteiger partial charge in [-0.2, -0.15) is 0 Å². The molecule has 0 N–H and O–H groups in total. The fourth-order valence-corrected chi connectivity index (χ4v) is 2.98. The van der Waals surface area contributed by atoms with Crippen LogP contribution in [0.3, 0.4) is 0 Å². The Balaban J connectivity index is 1.55. The molecule has 7 heteroatoms. The molecule has 0 saturated carbocycles. The summed E-state index contributed by atoms with van der Waals surface area (Å²) in [6, 6.07) is 11.6. The first kappa shape index (κ1) is 18.7. The number of hydrogen-bond acceptors (Lipinski definition) is 5. The summed E-state index contributed by atoms with van der Waals surface area (Å²) in [6.45, 7) is 1.33. The normalized spacial score (nSPS) is 10.8. The van der Waals surface area contributed by atoms with E-state index >= 15 is 0 Å². The molecule has 6 nitrogen and oxygen atoms in total. The van der Waals surface area contributed by atoms with Gasteiger partial charge in [0.15, 0.2) is 23.1 Å². The molecule has 2 heterocycles. The number of ether oxygens (including phenoxy) is 3. The summed E-state index contributed by atoms with van der Waals surface area (Å²) in [5.41, 5.74) is 0.671. The van der Waals surface area contributed by atoms with Crippen molar-refractivity contribution in [3.8, 4) is 23.0 Å². The highest BCUT2D eigenvalue weighted by Crippen LogP contribution is 2.37. The molecule has 0 spiro atoms. The summed E-state index contributed by atoms with van der Waals surface area (Å²) in [5, 5.41) is 0.707. The van der Waals surface area contributed by atoms with Crippen molar-refractivity contribution in [2.75, 3.05) is 13.7 Å². The average Bonchev–Trinajstić information content (AvgIpc) is 3.26. The molecule has 2 aromatic heterocycles. The summed E-state index contributed by atoms with van der Waals surface area (Å²) in [4.78, 5) is 8.41. The van der Waals surface area contributed by atoms with Gasteiger partial charge in [0, 0.05) is 36.6 Å². The first-order valence-corrected chi connectivity index (χ1v) is 9.22. The zero-order valence-electron chi connectivity index (χ0n) is 15.9. The summed E-state index contributed by atoms with van der Waals surface area (Å²) in [6.07, 6.45) is 7.88. The van der Waals surface area contributed by atoms with Gasteiger partial charge in [0.05, 0.1) is 25.6 Å². The van der Waals surface area contributed by atoms with E-state index in [0.717, 1.165) is 13.0 Å². The third-order valence-corrected chi connectivity index (χ3v) is 4.42. The first-order valence-electron chi connectivity index (χ1n) is 9.22. The van der Waals surface area contributed by atoms with Crippen molar-refractivity contribution >= 4 is 10.9 Å². The third kappa shape index (κ3) is 4.29. The molecule has 29 heavy (non-hydrogen) atoms. The maximum absolute atomic E-state index is 14.0. The van der Waals surface area contributed by atoms with Crippen LogP contribution >= 0.6 is 0 Å². The zero-order chi connectivity index (χ0) is 20.1. The van der Waals surface area contributed by atoms with E-state index in [0.29, 0.717) is 34.8 Å². The largest absolute Gasteiger partial charge is 0.493 e. The highest BCUT2D eigenvalue weighted by Gasteiger charge is 2.13. The zero-order valence-corrected chi connectivity index (χ0v) is 15.9. The maximum atomic E-state index is 14.0. The van der Waals surface area contributed by atoms with Crippen LogP contribution in [-0.2, 0) is 6.54 Å². The van der Waals surface area contributed by atoms with Crippen molar-refractivity contribution in [1.82, 2.24) is 14.5 Å². The molecular formula is C22H20FN3O3. The summed E-state index contributed by atoms with van der Waals surface area (Å²) in [7, 11) is 1.58. The van der Waals surface area contributed by atoms with Crippen molar-refractivity contribution < 1.29 is 18.6 Å². The van der Waals surface area contributed by atoms with Gasteiger partial charge in [0.25, 0.3) is 0 Å². The maximum Gasteiger partial charge on any atom is 0.165 e. The van der Waals surface area contributed by atoms with E-state index in [-0.39, 0.29) is 5.75 Å². The van der Waals surface area contributed by atoms with Gasteiger partial charge in [0.1, 0.15) is 5.75 Å². The lowest BCUT2D eigenvalue weighted by Gasteiger charge is -2.14. The summed E-state index contributed by atoms with van der Waals surface area (Å²) < 4.78 is 33.1. The fraction of sp³-hybridized carbons (Fsp3) is 0.182. The minimum atomic E-state index is -0.428. The van der Waals surface area contributed by atoms with Gasteiger partial charge in [-0.15, -0.1) is 0 Å². The molecule has 0 saturated heterocycles. The molecule has 0 bridgehead atoms. The monoisotopic (exact) mass is 393 g/mol.